The van der Waals surface area contributed by atoms with Crippen LogP contribution in [-0.4, -0.2) is 5.78 Å². The average Bonchev–Trinajstić information content (AvgIpc) is 2.01. The molecule has 0 saturated carbocycles. The third-order valence-electron chi connectivity index (χ3n) is 1.71. The largest absolute Gasteiger partial charge is 0.295 e. The molecule has 0 aliphatic rings. The number of hydrogen-bond donors (Lipinski definition) is 0. The van der Waals surface area contributed by atoms with Gasteiger partial charge in [-0.2, -0.15) is 0 Å². The lowest BCUT2D eigenvalue weighted by Gasteiger charge is -2.00. The molecule has 0 unspecified atom stereocenters. The minimum absolute atomic E-state index is 0.175. The molecule has 0 heterocycles. The van der Waals surface area contributed by atoms with Gasteiger partial charge >= 0.3 is 0 Å². The maximum atomic E-state index is 13.2. The fourth-order valence-electron chi connectivity index (χ4n) is 1.07. The van der Waals surface area contributed by atoms with Gasteiger partial charge in [-0.1, -0.05) is 0 Å². The minimum atomic E-state index is -0.653. The number of benzene rings is 1. The SMILES string of the molecule is CC(=O)/C=C/c1c(F)cc(C)cc1F. The van der Waals surface area contributed by atoms with E-state index in [0.29, 0.717) is 5.56 Å². The summed E-state index contributed by atoms with van der Waals surface area (Å²) in [6.45, 7) is 2.92. The van der Waals surface area contributed by atoms with Crippen LogP contribution in [0.1, 0.15) is 18.1 Å². The number of aryl methyl sites for hydroxylation is 1. The number of carbonyl (C=O) groups is 1. The van der Waals surface area contributed by atoms with E-state index in [1.165, 1.54) is 19.1 Å². The van der Waals surface area contributed by atoms with Crippen LogP contribution >= 0.6 is 0 Å². The highest BCUT2D eigenvalue weighted by Crippen LogP contribution is 2.16. The third kappa shape index (κ3) is 2.49. The predicted molar refractivity (Wildman–Crippen MR) is 50.8 cm³/mol. The number of carbonyl (C=O) groups excluding carboxylic acids is 1. The van der Waals surface area contributed by atoms with Crippen molar-refractivity contribution < 1.29 is 13.6 Å². The van der Waals surface area contributed by atoms with E-state index in [2.05, 4.69) is 0 Å². The quantitative estimate of drug-likeness (QED) is 0.665. The molecule has 1 aromatic rings. The van der Waals surface area contributed by atoms with E-state index in [9.17, 15) is 13.6 Å². The number of ketones is 1. The lowest BCUT2D eigenvalue weighted by Crippen LogP contribution is -1.91. The second-order valence-corrected chi connectivity index (χ2v) is 3.09. The molecule has 1 rings (SSSR count). The summed E-state index contributed by atoms with van der Waals surface area (Å²) in [6, 6.07) is 2.45. The molecule has 0 bridgehead atoms. The van der Waals surface area contributed by atoms with Crippen molar-refractivity contribution >= 4 is 11.9 Å². The van der Waals surface area contributed by atoms with Gasteiger partial charge in [0.15, 0.2) is 5.78 Å². The van der Waals surface area contributed by atoms with Crippen LogP contribution < -0.4 is 0 Å². The van der Waals surface area contributed by atoms with Crippen molar-refractivity contribution in [3.63, 3.8) is 0 Å². The van der Waals surface area contributed by atoms with Crippen molar-refractivity contribution in [2.75, 3.05) is 0 Å². The fraction of sp³-hybridized carbons (Fsp3) is 0.182. The van der Waals surface area contributed by atoms with E-state index >= 15 is 0 Å². The van der Waals surface area contributed by atoms with Gasteiger partial charge in [-0.3, -0.25) is 4.79 Å². The van der Waals surface area contributed by atoms with E-state index < -0.39 is 11.6 Å². The first kappa shape index (κ1) is 10.6. The zero-order valence-electron chi connectivity index (χ0n) is 7.97. The Balaban J connectivity index is 3.15. The summed E-state index contributed by atoms with van der Waals surface area (Å²) in [5, 5.41) is 0. The first-order valence-electron chi connectivity index (χ1n) is 4.15. The average molecular weight is 196 g/mol. The third-order valence-corrected chi connectivity index (χ3v) is 1.71. The summed E-state index contributed by atoms with van der Waals surface area (Å²) < 4.78 is 26.3. The number of allylic oxidation sites excluding steroid dienone is 1. The summed E-state index contributed by atoms with van der Waals surface area (Å²) in [4.78, 5) is 10.6. The molecule has 0 radical (unpaired) electrons. The van der Waals surface area contributed by atoms with Crippen LogP contribution in [0.3, 0.4) is 0 Å². The Kier molecular flexibility index (Phi) is 3.12. The fourth-order valence-corrected chi connectivity index (χ4v) is 1.07. The second-order valence-electron chi connectivity index (χ2n) is 3.09. The van der Waals surface area contributed by atoms with Gasteiger partial charge in [-0.25, -0.2) is 8.78 Å². The molecule has 0 aliphatic heterocycles. The number of rotatable bonds is 2. The van der Waals surface area contributed by atoms with Crippen LogP contribution in [0, 0.1) is 18.6 Å². The molecule has 3 heteroatoms. The number of hydrogen-bond acceptors (Lipinski definition) is 1. The lowest BCUT2D eigenvalue weighted by atomic mass is 10.1. The van der Waals surface area contributed by atoms with Crippen LogP contribution in [0.25, 0.3) is 6.08 Å². The summed E-state index contributed by atoms with van der Waals surface area (Å²) in [6.07, 6.45) is 2.28. The van der Waals surface area contributed by atoms with Crippen LogP contribution in [0.15, 0.2) is 18.2 Å². The van der Waals surface area contributed by atoms with Gasteiger partial charge in [0.25, 0.3) is 0 Å². The molecular formula is C11H10F2O. The first-order chi connectivity index (χ1) is 6.50. The van der Waals surface area contributed by atoms with Gasteiger partial charge in [-0.15, -0.1) is 0 Å². The van der Waals surface area contributed by atoms with Gasteiger partial charge in [0.2, 0.25) is 0 Å². The summed E-state index contributed by atoms with van der Waals surface area (Å²) in [5.74, 6) is -1.55. The molecule has 0 N–H and O–H groups in total. The smallest absolute Gasteiger partial charge is 0.152 e. The van der Waals surface area contributed by atoms with Gasteiger partial charge in [-0.05, 0) is 43.7 Å². The van der Waals surface area contributed by atoms with Gasteiger partial charge in [0, 0.05) is 5.56 Å². The van der Waals surface area contributed by atoms with Crippen LogP contribution in [-0.2, 0) is 4.79 Å². The maximum Gasteiger partial charge on any atom is 0.152 e. The van der Waals surface area contributed by atoms with Gasteiger partial charge < -0.3 is 0 Å². The highest BCUT2D eigenvalue weighted by molar-refractivity contribution is 5.91. The maximum absolute atomic E-state index is 13.2. The molecular weight excluding hydrogens is 186 g/mol. The Labute approximate surface area is 81.1 Å². The Morgan fingerprint density at radius 2 is 1.79 bits per heavy atom. The zero-order valence-corrected chi connectivity index (χ0v) is 7.97. The van der Waals surface area contributed by atoms with Crippen molar-refractivity contribution in [2.24, 2.45) is 0 Å². The molecule has 0 aliphatic carbocycles. The standard InChI is InChI=1S/C11H10F2O/c1-7-5-10(12)9(11(13)6-7)4-3-8(2)14/h3-6H,1-2H3/b4-3+. The van der Waals surface area contributed by atoms with Crippen molar-refractivity contribution in [1.29, 1.82) is 0 Å². The lowest BCUT2D eigenvalue weighted by molar-refractivity contribution is -0.112. The van der Waals surface area contributed by atoms with Crippen LogP contribution in [0.5, 0.6) is 0 Å². The monoisotopic (exact) mass is 196 g/mol. The number of halogens is 2. The Hall–Kier alpha value is -1.51. The normalized spacial score (nSPS) is 10.9. The molecule has 0 fully saturated rings. The van der Waals surface area contributed by atoms with E-state index in [-0.39, 0.29) is 11.3 Å². The first-order valence-corrected chi connectivity index (χ1v) is 4.15. The molecule has 0 amide bonds. The Morgan fingerprint density at radius 3 is 2.21 bits per heavy atom. The molecule has 14 heavy (non-hydrogen) atoms. The predicted octanol–water partition coefficient (Wildman–Crippen LogP) is 2.88. The van der Waals surface area contributed by atoms with Crippen LogP contribution in [0.2, 0.25) is 0 Å². The summed E-state index contributed by atoms with van der Waals surface area (Å²) >= 11 is 0. The van der Waals surface area contributed by atoms with E-state index in [0.717, 1.165) is 12.2 Å². The summed E-state index contributed by atoms with van der Waals surface area (Å²) in [5.41, 5.74) is 0.339. The molecule has 0 saturated heterocycles. The van der Waals surface area contributed by atoms with Crippen molar-refractivity contribution in [3.05, 3.63) is 41.0 Å². The van der Waals surface area contributed by atoms with Gasteiger partial charge in [0.05, 0.1) is 0 Å². The Morgan fingerprint density at radius 1 is 1.29 bits per heavy atom. The van der Waals surface area contributed by atoms with Crippen molar-refractivity contribution in [2.45, 2.75) is 13.8 Å². The van der Waals surface area contributed by atoms with E-state index in [1.807, 2.05) is 0 Å². The highest BCUT2D eigenvalue weighted by Gasteiger charge is 2.06. The molecule has 1 nitrogen and oxygen atoms in total. The molecule has 0 atom stereocenters. The Bertz CT molecular complexity index is 371. The molecule has 1 aromatic carbocycles. The second kappa shape index (κ2) is 4.13. The van der Waals surface area contributed by atoms with E-state index in [4.69, 9.17) is 0 Å². The summed E-state index contributed by atoms with van der Waals surface area (Å²) in [7, 11) is 0. The molecule has 0 aromatic heterocycles. The van der Waals surface area contributed by atoms with Crippen molar-refractivity contribution in [1.82, 2.24) is 0 Å². The van der Waals surface area contributed by atoms with Crippen molar-refractivity contribution in [3.8, 4) is 0 Å². The molecule has 0 spiro atoms. The topological polar surface area (TPSA) is 17.1 Å². The van der Waals surface area contributed by atoms with Crippen LogP contribution in [0.4, 0.5) is 8.78 Å². The molecule has 74 valence electrons. The minimum Gasteiger partial charge on any atom is -0.295 e. The van der Waals surface area contributed by atoms with E-state index in [1.54, 1.807) is 6.92 Å². The van der Waals surface area contributed by atoms with Gasteiger partial charge in [0.1, 0.15) is 11.6 Å². The zero-order chi connectivity index (χ0) is 10.7. The highest BCUT2D eigenvalue weighted by atomic mass is 19.1.